The largest absolute Gasteiger partial charge is 0.494 e. The zero-order chi connectivity index (χ0) is 20.8. The number of nitrogens with zero attached hydrogens (tertiary/aromatic N) is 2. The topological polar surface area (TPSA) is 104 Å². The van der Waals surface area contributed by atoms with Crippen LogP contribution in [0.5, 0.6) is 11.5 Å². The van der Waals surface area contributed by atoms with Crippen LogP contribution in [0.25, 0.3) is 11.3 Å². The molecule has 0 saturated carbocycles. The summed E-state index contributed by atoms with van der Waals surface area (Å²) in [5.41, 5.74) is 1.65. The third kappa shape index (κ3) is 4.88. The molecule has 0 aliphatic rings. The number of rotatable bonds is 8. The number of non-ortho nitro benzene ring substituents is 1. The molecule has 0 bridgehead atoms. The first kappa shape index (κ1) is 20.3. The third-order valence-corrected chi connectivity index (χ3v) is 4.66. The van der Waals surface area contributed by atoms with Crippen LogP contribution in [0, 0.1) is 10.1 Å². The second-order valence-electron chi connectivity index (χ2n) is 5.82. The van der Waals surface area contributed by atoms with Crippen molar-refractivity contribution in [3.8, 4) is 22.8 Å². The molecule has 0 fully saturated rings. The molecule has 0 spiro atoms. The first-order valence-electron chi connectivity index (χ1n) is 8.93. The number of amides is 1. The molecule has 150 valence electrons. The van der Waals surface area contributed by atoms with Gasteiger partial charge in [0.15, 0.2) is 5.13 Å². The number of carbonyl (C=O) groups excluding carboxylic acids is 1. The van der Waals surface area contributed by atoms with Crippen molar-refractivity contribution < 1.29 is 19.2 Å². The van der Waals surface area contributed by atoms with Crippen molar-refractivity contribution in [1.82, 2.24) is 4.98 Å². The average molecular weight is 413 g/mol. The Labute approximate surface area is 171 Å². The van der Waals surface area contributed by atoms with Crippen LogP contribution in [0.3, 0.4) is 0 Å². The van der Waals surface area contributed by atoms with Crippen molar-refractivity contribution in [2.24, 2.45) is 0 Å². The maximum Gasteiger partial charge on any atom is 0.269 e. The van der Waals surface area contributed by atoms with Crippen molar-refractivity contribution in [2.75, 3.05) is 18.5 Å². The SMILES string of the molecule is CCOc1ccc(OCC)c(-c2csc(NC(=O)c3ccc([N+](=O)[O-])cc3)n2)c1. The number of ether oxygens (including phenoxy) is 2. The highest BCUT2D eigenvalue weighted by Gasteiger charge is 2.15. The van der Waals surface area contributed by atoms with Gasteiger partial charge in [0.25, 0.3) is 11.6 Å². The summed E-state index contributed by atoms with van der Waals surface area (Å²) < 4.78 is 11.2. The standard InChI is InChI=1S/C20H19N3O5S/c1-3-27-15-9-10-18(28-4-2)16(11-15)17-12-29-20(21-17)22-19(24)13-5-7-14(8-6-13)23(25)26/h5-12H,3-4H2,1-2H3,(H,21,22,24). The van der Waals surface area contributed by atoms with Gasteiger partial charge in [0.05, 0.1) is 23.8 Å². The zero-order valence-corrected chi connectivity index (χ0v) is 16.7. The number of hydrogen-bond donors (Lipinski definition) is 1. The van der Waals surface area contributed by atoms with Gasteiger partial charge in [-0.1, -0.05) is 0 Å². The highest BCUT2D eigenvalue weighted by molar-refractivity contribution is 7.14. The first-order valence-corrected chi connectivity index (χ1v) is 9.81. The number of nitro groups is 1. The fraction of sp³-hybridized carbons (Fsp3) is 0.200. The lowest BCUT2D eigenvalue weighted by Crippen LogP contribution is -2.11. The van der Waals surface area contributed by atoms with Crippen LogP contribution in [-0.4, -0.2) is 29.0 Å². The van der Waals surface area contributed by atoms with Crippen molar-refractivity contribution in [3.63, 3.8) is 0 Å². The lowest BCUT2D eigenvalue weighted by Gasteiger charge is -2.11. The van der Waals surface area contributed by atoms with E-state index in [1.807, 2.05) is 37.4 Å². The van der Waals surface area contributed by atoms with Gasteiger partial charge in [0, 0.05) is 28.6 Å². The number of thiazole rings is 1. The number of nitrogens with one attached hydrogen (secondary N) is 1. The van der Waals surface area contributed by atoms with Crippen LogP contribution in [0.1, 0.15) is 24.2 Å². The molecule has 2 aromatic carbocycles. The summed E-state index contributed by atoms with van der Waals surface area (Å²) in [6, 6.07) is 10.9. The van der Waals surface area contributed by atoms with Crippen molar-refractivity contribution in [2.45, 2.75) is 13.8 Å². The summed E-state index contributed by atoms with van der Waals surface area (Å²) in [6.45, 7) is 4.86. The first-order chi connectivity index (χ1) is 14.0. The molecular formula is C20H19N3O5S. The van der Waals surface area contributed by atoms with E-state index in [1.54, 1.807) is 0 Å². The zero-order valence-electron chi connectivity index (χ0n) is 15.9. The molecule has 0 aliphatic heterocycles. The molecule has 9 heteroatoms. The highest BCUT2D eigenvalue weighted by Crippen LogP contribution is 2.35. The van der Waals surface area contributed by atoms with Crippen molar-refractivity contribution in [1.29, 1.82) is 0 Å². The number of carbonyl (C=O) groups is 1. The Balaban J connectivity index is 1.80. The van der Waals surface area contributed by atoms with Gasteiger partial charge in [-0.25, -0.2) is 4.98 Å². The third-order valence-electron chi connectivity index (χ3n) is 3.90. The van der Waals surface area contributed by atoms with E-state index in [0.29, 0.717) is 41.1 Å². The fourth-order valence-electron chi connectivity index (χ4n) is 2.61. The van der Waals surface area contributed by atoms with E-state index in [9.17, 15) is 14.9 Å². The maximum absolute atomic E-state index is 12.4. The lowest BCUT2D eigenvalue weighted by atomic mass is 10.1. The van der Waals surface area contributed by atoms with Crippen LogP contribution in [0.2, 0.25) is 0 Å². The Morgan fingerprint density at radius 2 is 1.86 bits per heavy atom. The van der Waals surface area contributed by atoms with Crippen LogP contribution in [0.15, 0.2) is 47.8 Å². The number of hydrogen-bond acceptors (Lipinski definition) is 7. The summed E-state index contributed by atoms with van der Waals surface area (Å²) in [5, 5.41) is 15.7. The van der Waals surface area contributed by atoms with E-state index in [-0.39, 0.29) is 5.69 Å². The summed E-state index contributed by atoms with van der Waals surface area (Å²) in [5.74, 6) is 0.985. The molecule has 1 aromatic heterocycles. The van der Waals surface area contributed by atoms with Gasteiger partial charge in [0.2, 0.25) is 0 Å². The Hall–Kier alpha value is -3.46. The van der Waals surface area contributed by atoms with Gasteiger partial charge < -0.3 is 9.47 Å². The monoisotopic (exact) mass is 413 g/mol. The Morgan fingerprint density at radius 3 is 2.52 bits per heavy atom. The Bertz CT molecular complexity index is 1020. The van der Waals surface area contributed by atoms with E-state index >= 15 is 0 Å². The van der Waals surface area contributed by atoms with Crippen LogP contribution >= 0.6 is 11.3 Å². The van der Waals surface area contributed by atoms with Crippen molar-refractivity contribution >= 4 is 28.1 Å². The van der Waals surface area contributed by atoms with Gasteiger partial charge in [-0.3, -0.25) is 20.2 Å². The van der Waals surface area contributed by atoms with E-state index < -0.39 is 10.8 Å². The smallest absolute Gasteiger partial charge is 0.269 e. The molecule has 3 rings (SSSR count). The van der Waals surface area contributed by atoms with E-state index in [0.717, 1.165) is 5.56 Å². The molecule has 8 nitrogen and oxygen atoms in total. The Morgan fingerprint density at radius 1 is 1.14 bits per heavy atom. The fourth-order valence-corrected chi connectivity index (χ4v) is 3.31. The Kier molecular flexibility index (Phi) is 6.40. The minimum absolute atomic E-state index is 0.0734. The van der Waals surface area contributed by atoms with Gasteiger partial charge in [-0.15, -0.1) is 11.3 Å². The van der Waals surface area contributed by atoms with E-state index in [4.69, 9.17) is 9.47 Å². The predicted octanol–water partition coefficient (Wildman–Crippen LogP) is 4.77. The molecule has 0 saturated heterocycles. The summed E-state index contributed by atoms with van der Waals surface area (Å²) in [6.07, 6.45) is 0. The molecule has 29 heavy (non-hydrogen) atoms. The van der Waals surface area contributed by atoms with Gasteiger partial charge in [0.1, 0.15) is 11.5 Å². The molecule has 0 radical (unpaired) electrons. The number of aromatic nitrogens is 1. The predicted molar refractivity (Wildman–Crippen MR) is 111 cm³/mol. The normalized spacial score (nSPS) is 10.4. The molecule has 0 aliphatic carbocycles. The summed E-state index contributed by atoms with van der Waals surface area (Å²) in [7, 11) is 0. The number of nitro benzene ring substituents is 1. The van der Waals surface area contributed by atoms with Gasteiger partial charge >= 0.3 is 0 Å². The van der Waals surface area contributed by atoms with Crippen LogP contribution in [0.4, 0.5) is 10.8 Å². The van der Waals surface area contributed by atoms with E-state index in [1.165, 1.54) is 35.6 Å². The highest BCUT2D eigenvalue weighted by atomic mass is 32.1. The molecule has 0 atom stereocenters. The quantitative estimate of drug-likeness (QED) is 0.421. The molecule has 3 aromatic rings. The second kappa shape index (κ2) is 9.16. The van der Waals surface area contributed by atoms with Gasteiger partial charge in [-0.2, -0.15) is 0 Å². The van der Waals surface area contributed by atoms with Crippen LogP contribution in [-0.2, 0) is 0 Å². The van der Waals surface area contributed by atoms with Crippen LogP contribution < -0.4 is 14.8 Å². The van der Waals surface area contributed by atoms with Gasteiger partial charge in [-0.05, 0) is 44.2 Å². The minimum Gasteiger partial charge on any atom is -0.494 e. The second-order valence-corrected chi connectivity index (χ2v) is 6.68. The van der Waals surface area contributed by atoms with E-state index in [2.05, 4.69) is 10.3 Å². The summed E-state index contributed by atoms with van der Waals surface area (Å²) >= 11 is 1.27. The lowest BCUT2D eigenvalue weighted by molar-refractivity contribution is -0.384. The molecule has 1 N–H and O–H groups in total. The molecular weight excluding hydrogens is 394 g/mol. The van der Waals surface area contributed by atoms with Crippen molar-refractivity contribution in [3.05, 3.63) is 63.5 Å². The summed E-state index contributed by atoms with van der Waals surface area (Å²) in [4.78, 5) is 27.1. The molecule has 1 heterocycles. The maximum atomic E-state index is 12.4. The number of benzene rings is 2. The number of anilines is 1. The average Bonchev–Trinajstić information content (AvgIpc) is 3.18. The molecule has 0 unspecified atom stereocenters. The minimum atomic E-state index is -0.513. The molecule has 1 amide bonds.